The van der Waals surface area contributed by atoms with Crippen LogP contribution in [0.4, 0.5) is 19.2 Å². The lowest BCUT2D eigenvalue weighted by Gasteiger charge is -2.15. The molecule has 0 fully saturated rings. The number of ether oxygens (including phenoxy) is 1. The quantitative estimate of drug-likeness (QED) is 0.514. The number of hydrogen-bond donors (Lipinski definition) is 1. The molecule has 3 aromatic rings. The number of nitrogens with one attached hydrogen (secondary N) is 1. The van der Waals surface area contributed by atoms with Crippen molar-refractivity contribution >= 4 is 11.6 Å². The van der Waals surface area contributed by atoms with E-state index in [9.17, 15) is 13.6 Å². The maximum atomic E-state index is 13.6. The van der Waals surface area contributed by atoms with E-state index in [-0.39, 0.29) is 16.2 Å². The zero-order valence-electron chi connectivity index (χ0n) is 17.4. The van der Waals surface area contributed by atoms with Crippen LogP contribution in [0.25, 0.3) is 11.1 Å². The standard InChI is InChI=1S/C25H23F2NO2.FH/c1-25(26,27)19-9-6-17(7-10-19)23-15-21(30-2)12-13-22(23)24(29)28-20-11-8-16-4-3-5-18(16)14-20;/h6-15H,3-5H2,1-2H3,(H,28,29);1H. The number of carbonyl (C=O) groups is 1. The predicted octanol–water partition coefficient (Wildman–Crippen LogP) is 6.37. The highest BCUT2D eigenvalue weighted by Crippen LogP contribution is 2.33. The highest BCUT2D eigenvalue weighted by atomic mass is 19.3. The summed E-state index contributed by atoms with van der Waals surface area (Å²) in [5.41, 5.74) is 5.04. The van der Waals surface area contributed by atoms with Crippen LogP contribution in [0.3, 0.4) is 0 Å². The van der Waals surface area contributed by atoms with Gasteiger partial charge in [0.25, 0.3) is 11.8 Å². The first-order chi connectivity index (χ1) is 14.3. The lowest BCUT2D eigenvalue weighted by Crippen LogP contribution is -2.13. The van der Waals surface area contributed by atoms with Crippen LogP contribution < -0.4 is 10.1 Å². The van der Waals surface area contributed by atoms with Gasteiger partial charge in [-0.15, -0.1) is 0 Å². The molecule has 1 amide bonds. The molecule has 0 saturated heterocycles. The number of hydrogen-bond acceptors (Lipinski definition) is 2. The third-order valence-corrected chi connectivity index (χ3v) is 5.53. The Labute approximate surface area is 179 Å². The molecule has 1 aliphatic carbocycles. The molecule has 0 aromatic heterocycles. The number of benzene rings is 3. The second-order valence-corrected chi connectivity index (χ2v) is 7.67. The smallest absolute Gasteiger partial charge is 0.270 e. The van der Waals surface area contributed by atoms with Crippen LogP contribution in [0, 0.1) is 0 Å². The molecule has 0 aliphatic heterocycles. The van der Waals surface area contributed by atoms with Gasteiger partial charge in [0, 0.05) is 23.7 Å². The Bertz CT molecular complexity index is 1090. The molecule has 0 radical (unpaired) electrons. The Morgan fingerprint density at radius 2 is 1.68 bits per heavy atom. The fourth-order valence-electron chi connectivity index (χ4n) is 3.88. The van der Waals surface area contributed by atoms with Gasteiger partial charge in [0.05, 0.1) is 7.11 Å². The number of alkyl halides is 2. The van der Waals surface area contributed by atoms with Gasteiger partial charge in [0.15, 0.2) is 0 Å². The van der Waals surface area contributed by atoms with Gasteiger partial charge >= 0.3 is 0 Å². The molecule has 0 bridgehead atoms. The van der Waals surface area contributed by atoms with E-state index in [1.165, 1.54) is 23.3 Å². The molecule has 1 N–H and O–H groups in total. The van der Waals surface area contributed by atoms with Crippen LogP contribution in [0.2, 0.25) is 0 Å². The van der Waals surface area contributed by atoms with E-state index in [1.54, 1.807) is 37.4 Å². The van der Waals surface area contributed by atoms with Gasteiger partial charge in [-0.1, -0.05) is 30.3 Å². The van der Waals surface area contributed by atoms with Crippen molar-refractivity contribution in [2.24, 2.45) is 0 Å². The zero-order valence-corrected chi connectivity index (χ0v) is 17.4. The lowest BCUT2D eigenvalue weighted by atomic mass is 9.96. The summed E-state index contributed by atoms with van der Waals surface area (Å²) >= 11 is 0. The van der Waals surface area contributed by atoms with E-state index in [0.29, 0.717) is 22.4 Å². The predicted molar refractivity (Wildman–Crippen MR) is 117 cm³/mol. The van der Waals surface area contributed by atoms with Crippen LogP contribution in [0.15, 0.2) is 60.7 Å². The summed E-state index contributed by atoms with van der Waals surface area (Å²) in [5, 5.41) is 2.97. The number of rotatable bonds is 5. The summed E-state index contributed by atoms with van der Waals surface area (Å²) in [7, 11) is 1.55. The van der Waals surface area contributed by atoms with Crippen LogP contribution in [-0.4, -0.2) is 13.0 Å². The number of amides is 1. The Kier molecular flexibility index (Phi) is 6.39. The molecular weight excluding hydrogens is 403 g/mol. The maximum Gasteiger partial charge on any atom is 0.270 e. The number of halogens is 3. The third-order valence-electron chi connectivity index (χ3n) is 5.53. The van der Waals surface area contributed by atoms with E-state index < -0.39 is 5.92 Å². The van der Waals surface area contributed by atoms with E-state index in [4.69, 9.17) is 4.74 Å². The van der Waals surface area contributed by atoms with Gasteiger partial charge in [0.2, 0.25) is 0 Å². The van der Waals surface area contributed by atoms with Crippen molar-refractivity contribution in [3.8, 4) is 16.9 Å². The second kappa shape index (κ2) is 8.84. The summed E-state index contributed by atoms with van der Waals surface area (Å²) in [6, 6.07) is 17.2. The van der Waals surface area contributed by atoms with Crippen LogP contribution >= 0.6 is 0 Å². The van der Waals surface area contributed by atoms with Crippen molar-refractivity contribution in [3.63, 3.8) is 0 Å². The summed E-state index contributed by atoms with van der Waals surface area (Å²) in [6.45, 7) is 0.864. The maximum absolute atomic E-state index is 13.6. The molecular formula is C25H24F3NO2. The Morgan fingerprint density at radius 1 is 0.968 bits per heavy atom. The summed E-state index contributed by atoms with van der Waals surface area (Å²) in [6.07, 6.45) is 3.25. The van der Waals surface area contributed by atoms with E-state index in [1.807, 2.05) is 12.1 Å². The first-order valence-electron chi connectivity index (χ1n) is 9.95. The van der Waals surface area contributed by atoms with Gasteiger partial charge in [-0.05, 0) is 71.8 Å². The molecule has 3 nitrogen and oxygen atoms in total. The van der Waals surface area contributed by atoms with Crippen molar-refractivity contribution in [1.82, 2.24) is 0 Å². The highest BCUT2D eigenvalue weighted by Gasteiger charge is 2.24. The minimum atomic E-state index is -2.92. The van der Waals surface area contributed by atoms with Gasteiger partial charge < -0.3 is 10.1 Å². The molecule has 0 atom stereocenters. The van der Waals surface area contributed by atoms with Gasteiger partial charge in [0.1, 0.15) is 5.75 Å². The van der Waals surface area contributed by atoms with Gasteiger partial charge in [-0.25, -0.2) is 8.78 Å². The fraction of sp³-hybridized carbons (Fsp3) is 0.240. The first-order valence-corrected chi connectivity index (χ1v) is 9.95. The molecule has 0 spiro atoms. The molecule has 0 saturated carbocycles. The van der Waals surface area contributed by atoms with Crippen molar-refractivity contribution in [2.45, 2.75) is 32.1 Å². The third kappa shape index (κ3) is 4.74. The lowest BCUT2D eigenvalue weighted by molar-refractivity contribution is 0.0175. The number of fused-ring (bicyclic) bond motifs is 1. The molecule has 1 aliphatic rings. The normalized spacial score (nSPS) is 12.6. The Hall–Kier alpha value is -3.28. The Balaban J connectivity index is 0.00000272. The highest BCUT2D eigenvalue weighted by molar-refractivity contribution is 6.09. The molecule has 0 unspecified atom stereocenters. The number of methoxy groups -OCH3 is 1. The van der Waals surface area contributed by atoms with Crippen molar-refractivity contribution in [1.29, 1.82) is 0 Å². The van der Waals surface area contributed by atoms with E-state index in [0.717, 1.165) is 31.9 Å². The van der Waals surface area contributed by atoms with Crippen molar-refractivity contribution < 1.29 is 23.0 Å². The molecule has 3 aromatic carbocycles. The van der Waals surface area contributed by atoms with Crippen molar-refractivity contribution in [2.75, 3.05) is 12.4 Å². The summed E-state index contributed by atoms with van der Waals surface area (Å²) in [5.74, 6) is -2.58. The first kappa shape index (κ1) is 22.4. The van der Waals surface area contributed by atoms with Crippen LogP contribution in [0.5, 0.6) is 5.75 Å². The Morgan fingerprint density at radius 3 is 2.35 bits per heavy atom. The SMILES string of the molecule is COc1ccc(C(=O)Nc2ccc3c(c2)CCC3)c(-c2ccc(C(C)(F)F)cc2)c1.F. The van der Waals surface area contributed by atoms with Crippen LogP contribution in [0.1, 0.15) is 40.4 Å². The molecule has 0 heterocycles. The largest absolute Gasteiger partial charge is 0.497 e. The molecule has 6 heteroatoms. The zero-order chi connectivity index (χ0) is 21.3. The average Bonchev–Trinajstić information content (AvgIpc) is 3.20. The minimum Gasteiger partial charge on any atom is -0.497 e. The summed E-state index contributed by atoms with van der Waals surface area (Å²) in [4.78, 5) is 13.1. The van der Waals surface area contributed by atoms with Crippen LogP contribution in [-0.2, 0) is 18.8 Å². The molecule has 4 rings (SSSR count). The average molecular weight is 427 g/mol. The number of anilines is 1. The van der Waals surface area contributed by atoms with Crippen molar-refractivity contribution in [3.05, 3.63) is 82.9 Å². The monoisotopic (exact) mass is 427 g/mol. The van der Waals surface area contributed by atoms with E-state index >= 15 is 0 Å². The number of carbonyl (C=O) groups excluding carboxylic acids is 1. The van der Waals surface area contributed by atoms with Gasteiger partial charge in [-0.2, -0.15) is 0 Å². The second-order valence-electron chi connectivity index (χ2n) is 7.67. The number of aryl methyl sites for hydroxylation is 2. The fourth-order valence-corrected chi connectivity index (χ4v) is 3.88. The molecule has 162 valence electrons. The van der Waals surface area contributed by atoms with E-state index in [2.05, 4.69) is 11.4 Å². The summed E-state index contributed by atoms with van der Waals surface area (Å²) < 4.78 is 32.4. The minimum absolute atomic E-state index is 0. The topological polar surface area (TPSA) is 38.3 Å². The molecule has 31 heavy (non-hydrogen) atoms. The van der Waals surface area contributed by atoms with Gasteiger partial charge in [-0.3, -0.25) is 9.50 Å².